The van der Waals surface area contributed by atoms with Crippen LogP contribution in [0, 0.1) is 15.9 Å². The van der Waals surface area contributed by atoms with E-state index in [0.29, 0.717) is 37.6 Å². The number of carbonyl (C=O) groups is 2. The third-order valence-corrected chi connectivity index (χ3v) is 4.84. The number of rotatable bonds is 7. The first-order valence-corrected chi connectivity index (χ1v) is 9.68. The van der Waals surface area contributed by atoms with Crippen LogP contribution in [0.15, 0.2) is 42.5 Å². The van der Waals surface area contributed by atoms with Crippen molar-refractivity contribution in [1.29, 1.82) is 0 Å². The summed E-state index contributed by atoms with van der Waals surface area (Å²) >= 11 is 0. The lowest BCUT2D eigenvalue weighted by molar-refractivity contribution is -0.384. The molecule has 1 atom stereocenters. The van der Waals surface area contributed by atoms with E-state index < -0.39 is 29.4 Å². The molecule has 1 fully saturated rings. The highest BCUT2D eigenvalue weighted by atomic mass is 19.1. The number of nitro benzene ring substituents is 1. The molecule has 0 bridgehead atoms. The first kappa shape index (κ1) is 22.2. The molecule has 1 aliphatic heterocycles. The summed E-state index contributed by atoms with van der Waals surface area (Å²) in [5.74, 6) is -1.78. The SMILES string of the molecule is C[C@@H](NC(=O)COC(=O)c1cc([N+](=O)[O-])ccc1N1CCOCC1)c1ccc(F)cc1. The van der Waals surface area contributed by atoms with Crippen molar-refractivity contribution in [2.75, 3.05) is 37.8 Å². The van der Waals surface area contributed by atoms with Gasteiger partial charge < -0.3 is 19.7 Å². The maximum Gasteiger partial charge on any atom is 0.341 e. The average Bonchev–Trinajstić information content (AvgIpc) is 2.78. The van der Waals surface area contributed by atoms with Crippen LogP contribution in [0.2, 0.25) is 0 Å². The van der Waals surface area contributed by atoms with E-state index in [2.05, 4.69) is 5.32 Å². The van der Waals surface area contributed by atoms with Crippen molar-refractivity contribution in [2.24, 2.45) is 0 Å². The number of anilines is 1. The van der Waals surface area contributed by atoms with E-state index in [1.54, 1.807) is 19.1 Å². The lowest BCUT2D eigenvalue weighted by Crippen LogP contribution is -2.37. The summed E-state index contributed by atoms with van der Waals surface area (Å²) in [6.45, 7) is 3.13. The number of nitro groups is 1. The maximum absolute atomic E-state index is 13.0. The highest BCUT2D eigenvalue weighted by Gasteiger charge is 2.23. The van der Waals surface area contributed by atoms with Crippen LogP contribution in [0.4, 0.5) is 15.8 Å². The molecule has 0 saturated carbocycles. The molecule has 2 aromatic rings. The number of nitrogens with zero attached hydrogens (tertiary/aromatic N) is 2. The van der Waals surface area contributed by atoms with Crippen LogP contribution in [0.3, 0.4) is 0 Å². The maximum atomic E-state index is 13.0. The van der Waals surface area contributed by atoms with Gasteiger partial charge in [0.25, 0.3) is 11.6 Å². The normalized spacial score (nSPS) is 14.6. The van der Waals surface area contributed by atoms with E-state index in [9.17, 15) is 24.1 Å². The van der Waals surface area contributed by atoms with E-state index >= 15 is 0 Å². The van der Waals surface area contributed by atoms with E-state index in [1.807, 2.05) is 4.90 Å². The second kappa shape index (κ2) is 9.98. The second-order valence-electron chi connectivity index (χ2n) is 6.97. The van der Waals surface area contributed by atoms with Crippen molar-refractivity contribution >= 4 is 23.3 Å². The Kier molecular flexibility index (Phi) is 7.14. The number of hydrogen-bond acceptors (Lipinski definition) is 7. The van der Waals surface area contributed by atoms with Gasteiger partial charge in [0.1, 0.15) is 5.82 Å². The van der Waals surface area contributed by atoms with Crippen molar-refractivity contribution in [3.05, 3.63) is 69.5 Å². The fourth-order valence-corrected chi connectivity index (χ4v) is 3.21. The molecule has 0 aliphatic carbocycles. The molecule has 1 heterocycles. The first-order chi connectivity index (χ1) is 14.8. The molecule has 1 N–H and O–H groups in total. The van der Waals surface area contributed by atoms with Gasteiger partial charge in [-0.1, -0.05) is 12.1 Å². The minimum atomic E-state index is -0.838. The number of nitrogens with one attached hydrogen (secondary N) is 1. The van der Waals surface area contributed by atoms with Crippen LogP contribution in [-0.4, -0.2) is 49.7 Å². The molecular weight excluding hydrogens is 409 g/mol. The largest absolute Gasteiger partial charge is 0.452 e. The van der Waals surface area contributed by atoms with Gasteiger partial charge in [-0.25, -0.2) is 9.18 Å². The summed E-state index contributed by atoms with van der Waals surface area (Å²) in [5, 5.41) is 13.8. The fraction of sp³-hybridized carbons (Fsp3) is 0.333. The molecule has 3 rings (SSSR count). The molecule has 164 valence electrons. The van der Waals surface area contributed by atoms with Crippen molar-refractivity contribution < 1.29 is 28.4 Å². The average molecular weight is 431 g/mol. The molecule has 2 aromatic carbocycles. The zero-order valence-corrected chi connectivity index (χ0v) is 16.9. The highest BCUT2D eigenvalue weighted by Crippen LogP contribution is 2.27. The number of morpholine rings is 1. The molecule has 0 spiro atoms. The van der Waals surface area contributed by atoms with Crippen LogP contribution >= 0.6 is 0 Å². The fourth-order valence-electron chi connectivity index (χ4n) is 3.21. The Bertz CT molecular complexity index is 960. The number of non-ortho nitro benzene ring substituents is 1. The Labute approximate surface area is 177 Å². The van der Waals surface area contributed by atoms with Gasteiger partial charge in [0.2, 0.25) is 0 Å². The summed E-state index contributed by atoms with van der Waals surface area (Å²) in [4.78, 5) is 37.3. The Morgan fingerprint density at radius 2 is 1.90 bits per heavy atom. The minimum Gasteiger partial charge on any atom is -0.452 e. The zero-order chi connectivity index (χ0) is 22.4. The van der Waals surface area contributed by atoms with Gasteiger partial charge in [0.15, 0.2) is 6.61 Å². The van der Waals surface area contributed by atoms with Crippen molar-refractivity contribution in [3.8, 4) is 0 Å². The predicted molar refractivity (Wildman–Crippen MR) is 109 cm³/mol. The lowest BCUT2D eigenvalue weighted by Gasteiger charge is -2.30. The summed E-state index contributed by atoms with van der Waals surface area (Å²) < 4.78 is 23.5. The van der Waals surface area contributed by atoms with Gasteiger partial charge >= 0.3 is 5.97 Å². The molecule has 0 aromatic heterocycles. The van der Waals surface area contributed by atoms with Gasteiger partial charge in [-0.2, -0.15) is 0 Å². The van der Waals surface area contributed by atoms with Crippen LogP contribution < -0.4 is 10.2 Å². The van der Waals surface area contributed by atoms with Gasteiger partial charge in [-0.15, -0.1) is 0 Å². The first-order valence-electron chi connectivity index (χ1n) is 9.68. The highest BCUT2D eigenvalue weighted by molar-refractivity contribution is 5.97. The van der Waals surface area contributed by atoms with Gasteiger partial charge in [-0.3, -0.25) is 14.9 Å². The van der Waals surface area contributed by atoms with Crippen LogP contribution in [0.5, 0.6) is 0 Å². The standard InChI is InChI=1S/C21H22FN3O6/c1-14(15-2-4-16(22)5-3-15)23-20(26)13-31-21(27)18-12-17(25(28)29)6-7-19(18)24-8-10-30-11-9-24/h2-7,12,14H,8-11,13H2,1H3,(H,23,26)/t14-/m1/s1. The Hall–Kier alpha value is -3.53. The zero-order valence-electron chi connectivity index (χ0n) is 16.9. The van der Waals surface area contributed by atoms with Crippen LogP contribution in [-0.2, 0) is 14.3 Å². The summed E-state index contributed by atoms with van der Waals surface area (Å²) in [6, 6.07) is 9.20. The van der Waals surface area contributed by atoms with Crippen molar-refractivity contribution in [1.82, 2.24) is 5.32 Å². The van der Waals surface area contributed by atoms with Gasteiger partial charge in [0, 0.05) is 25.2 Å². The lowest BCUT2D eigenvalue weighted by atomic mass is 10.1. The summed E-state index contributed by atoms with van der Waals surface area (Å²) in [6.07, 6.45) is 0. The monoisotopic (exact) mass is 431 g/mol. The second-order valence-corrected chi connectivity index (χ2v) is 6.97. The summed E-state index contributed by atoms with van der Waals surface area (Å²) in [7, 11) is 0. The minimum absolute atomic E-state index is 0.00971. The molecule has 1 amide bonds. The summed E-state index contributed by atoms with van der Waals surface area (Å²) in [5.41, 5.74) is 0.933. The topological polar surface area (TPSA) is 111 Å². The Morgan fingerprint density at radius 1 is 1.23 bits per heavy atom. The molecule has 9 nitrogen and oxygen atoms in total. The molecule has 31 heavy (non-hydrogen) atoms. The van der Waals surface area contributed by atoms with E-state index in [0.717, 1.165) is 6.07 Å². The van der Waals surface area contributed by atoms with E-state index in [4.69, 9.17) is 9.47 Å². The number of benzene rings is 2. The molecule has 1 saturated heterocycles. The molecule has 0 unspecified atom stereocenters. The molecular formula is C21H22FN3O6. The predicted octanol–water partition coefficient (Wildman–Crippen LogP) is 2.60. The smallest absolute Gasteiger partial charge is 0.341 e. The van der Waals surface area contributed by atoms with Gasteiger partial charge in [0.05, 0.1) is 35.4 Å². The van der Waals surface area contributed by atoms with E-state index in [-0.39, 0.29) is 17.1 Å². The molecule has 10 heteroatoms. The van der Waals surface area contributed by atoms with Crippen molar-refractivity contribution in [2.45, 2.75) is 13.0 Å². The molecule has 1 aliphatic rings. The molecule has 0 radical (unpaired) electrons. The Balaban J connectivity index is 1.67. The quantitative estimate of drug-likeness (QED) is 0.407. The third-order valence-electron chi connectivity index (χ3n) is 4.84. The van der Waals surface area contributed by atoms with Gasteiger partial charge in [-0.05, 0) is 30.7 Å². The number of hydrogen-bond donors (Lipinski definition) is 1. The Morgan fingerprint density at radius 3 is 2.55 bits per heavy atom. The third kappa shape index (κ3) is 5.76. The number of carbonyl (C=O) groups excluding carboxylic acids is 2. The number of esters is 1. The van der Waals surface area contributed by atoms with Crippen LogP contribution in [0.25, 0.3) is 0 Å². The van der Waals surface area contributed by atoms with Crippen molar-refractivity contribution in [3.63, 3.8) is 0 Å². The number of amides is 1. The number of halogens is 1. The van der Waals surface area contributed by atoms with E-state index in [1.165, 1.54) is 24.3 Å². The number of ether oxygens (including phenoxy) is 2. The van der Waals surface area contributed by atoms with Crippen LogP contribution in [0.1, 0.15) is 28.9 Å².